The summed E-state index contributed by atoms with van der Waals surface area (Å²) in [6.07, 6.45) is 0.353. The minimum Gasteiger partial charge on any atom is -0.330 e. The molecule has 2 N–H and O–H groups in total. The molecule has 0 spiro atoms. The summed E-state index contributed by atoms with van der Waals surface area (Å²) in [4.78, 5) is 0.679. The first-order valence-electron chi connectivity index (χ1n) is 5.72. The predicted molar refractivity (Wildman–Crippen MR) is 69.6 cm³/mol. The number of hydrogen-bond acceptors (Lipinski definition) is 2. The normalized spacial score (nSPS) is 10.7. The van der Waals surface area contributed by atoms with E-state index in [9.17, 15) is 13.2 Å². The van der Waals surface area contributed by atoms with E-state index in [0.717, 1.165) is 30.0 Å². The van der Waals surface area contributed by atoms with E-state index in [4.69, 9.17) is 5.73 Å². The van der Waals surface area contributed by atoms with Crippen molar-refractivity contribution in [1.29, 1.82) is 0 Å². The Morgan fingerprint density at radius 3 is 2.47 bits per heavy atom. The van der Waals surface area contributed by atoms with E-state index >= 15 is 0 Å². The summed E-state index contributed by atoms with van der Waals surface area (Å²) >= 11 is 0.999. The van der Waals surface area contributed by atoms with Gasteiger partial charge in [0.15, 0.2) is 0 Å². The second-order valence-electron chi connectivity index (χ2n) is 3.93. The third-order valence-electron chi connectivity index (χ3n) is 2.58. The van der Waals surface area contributed by atoms with Crippen LogP contribution in [0.4, 0.5) is 13.2 Å². The molecule has 0 heterocycles. The highest BCUT2D eigenvalue weighted by Crippen LogP contribution is 2.33. The Morgan fingerprint density at radius 2 is 1.74 bits per heavy atom. The molecule has 0 bridgehead atoms. The Balaban J connectivity index is 2.37. The molecule has 0 aromatic heterocycles. The van der Waals surface area contributed by atoms with Crippen LogP contribution in [0.15, 0.2) is 46.2 Å². The number of rotatable bonds is 4. The van der Waals surface area contributed by atoms with E-state index < -0.39 is 11.6 Å². The van der Waals surface area contributed by atoms with Crippen LogP contribution in [-0.2, 0) is 6.42 Å². The van der Waals surface area contributed by atoms with Gasteiger partial charge in [-0.1, -0.05) is 17.8 Å². The zero-order chi connectivity index (χ0) is 13.8. The van der Waals surface area contributed by atoms with Crippen molar-refractivity contribution in [2.75, 3.05) is 6.54 Å². The van der Waals surface area contributed by atoms with Crippen LogP contribution in [-0.4, -0.2) is 6.54 Å². The molecule has 2 aromatic carbocycles. The van der Waals surface area contributed by atoms with Gasteiger partial charge in [0.1, 0.15) is 17.5 Å². The average molecular weight is 283 g/mol. The molecule has 0 fully saturated rings. The number of benzene rings is 2. The molecule has 1 nitrogen and oxygen atoms in total. The molecule has 5 heteroatoms. The molecule has 0 amide bonds. The molecule has 0 saturated carbocycles. The summed E-state index contributed by atoms with van der Waals surface area (Å²) in [5, 5.41) is 0. The predicted octanol–water partition coefficient (Wildman–Crippen LogP) is 3.76. The van der Waals surface area contributed by atoms with Crippen LogP contribution in [0.5, 0.6) is 0 Å². The van der Waals surface area contributed by atoms with Crippen LogP contribution in [0.2, 0.25) is 0 Å². The van der Waals surface area contributed by atoms with Gasteiger partial charge in [-0.25, -0.2) is 13.2 Å². The highest BCUT2D eigenvalue weighted by molar-refractivity contribution is 7.99. The second-order valence-corrected chi connectivity index (χ2v) is 5.02. The van der Waals surface area contributed by atoms with E-state index in [0.29, 0.717) is 23.4 Å². The van der Waals surface area contributed by atoms with Crippen molar-refractivity contribution in [2.24, 2.45) is 5.73 Å². The van der Waals surface area contributed by atoms with E-state index in [2.05, 4.69) is 0 Å². The second kappa shape index (κ2) is 6.12. The van der Waals surface area contributed by atoms with Gasteiger partial charge in [0.2, 0.25) is 0 Å². The summed E-state index contributed by atoms with van der Waals surface area (Å²) in [6.45, 7) is 0.292. The van der Waals surface area contributed by atoms with Crippen molar-refractivity contribution >= 4 is 11.8 Å². The zero-order valence-corrected chi connectivity index (χ0v) is 10.8. The number of nitrogens with two attached hydrogens (primary N) is 1. The Labute approximate surface area is 113 Å². The smallest absolute Gasteiger partial charge is 0.137 e. The van der Waals surface area contributed by atoms with Crippen molar-refractivity contribution < 1.29 is 13.2 Å². The van der Waals surface area contributed by atoms with Gasteiger partial charge >= 0.3 is 0 Å². The third kappa shape index (κ3) is 3.30. The van der Waals surface area contributed by atoms with Gasteiger partial charge in [-0.2, -0.15) is 0 Å². The Kier molecular flexibility index (Phi) is 4.50. The molecular formula is C14H12F3NS. The largest absolute Gasteiger partial charge is 0.330 e. The van der Waals surface area contributed by atoms with E-state index in [1.165, 1.54) is 12.1 Å². The van der Waals surface area contributed by atoms with Crippen LogP contribution >= 0.6 is 11.8 Å². The maximum atomic E-state index is 13.7. The molecule has 0 unspecified atom stereocenters. The van der Waals surface area contributed by atoms with Crippen LogP contribution in [0.3, 0.4) is 0 Å². The van der Waals surface area contributed by atoms with Gasteiger partial charge < -0.3 is 5.73 Å². The van der Waals surface area contributed by atoms with E-state index in [-0.39, 0.29) is 10.7 Å². The van der Waals surface area contributed by atoms with Gasteiger partial charge in [-0.3, -0.25) is 0 Å². The van der Waals surface area contributed by atoms with Gasteiger partial charge in [0.05, 0.1) is 4.90 Å². The zero-order valence-electron chi connectivity index (χ0n) is 10.00. The lowest BCUT2D eigenvalue weighted by Crippen LogP contribution is -2.05. The van der Waals surface area contributed by atoms with Crippen molar-refractivity contribution in [1.82, 2.24) is 0 Å². The first-order chi connectivity index (χ1) is 9.11. The monoisotopic (exact) mass is 283 g/mol. The molecule has 0 radical (unpaired) electrons. The lowest BCUT2D eigenvalue weighted by molar-refractivity contribution is 0.577. The van der Waals surface area contributed by atoms with Gasteiger partial charge in [-0.15, -0.1) is 0 Å². The third-order valence-corrected chi connectivity index (χ3v) is 3.72. The van der Waals surface area contributed by atoms with Gasteiger partial charge in [-0.05, 0) is 43.3 Å². The highest BCUT2D eigenvalue weighted by atomic mass is 32.2. The fourth-order valence-electron chi connectivity index (χ4n) is 1.70. The van der Waals surface area contributed by atoms with Gasteiger partial charge in [0, 0.05) is 10.5 Å². The Hall–Kier alpha value is -1.46. The summed E-state index contributed by atoms with van der Waals surface area (Å²) in [5.74, 6) is -1.44. The standard InChI is InChI=1S/C14H12F3NS/c15-9-4-5-12(17)14(8-9)19-13-3-1-2-11(16)10(13)6-7-18/h1-5,8H,6-7,18H2. The first kappa shape index (κ1) is 14.0. The lowest BCUT2D eigenvalue weighted by Gasteiger charge is -2.10. The minimum atomic E-state index is -0.533. The highest BCUT2D eigenvalue weighted by Gasteiger charge is 2.12. The summed E-state index contributed by atoms with van der Waals surface area (Å²) in [5.41, 5.74) is 5.87. The Bertz CT molecular complexity index is 587. The van der Waals surface area contributed by atoms with E-state index in [1.807, 2.05) is 0 Å². The summed E-state index contributed by atoms with van der Waals surface area (Å²) in [7, 11) is 0. The molecule has 0 saturated heterocycles. The number of hydrogen-bond donors (Lipinski definition) is 1. The number of halogens is 3. The average Bonchev–Trinajstić information content (AvgIpc) is 2.38. The molecule has 0 aliphatic rings. The van der Waals surface area contributed by atoms with Crippen molar-refractivity contribution in [3.63, 3.8) is 0 Å². The van der Waals surface area contributed by atoms with Crippen LogP contribution in [0.25, 0.3) is 0 Å². The van der Waals surface area contributed by atoms with Crippen molar-refractivity contribution in [3.8, 4) is 0 Å². The molecule has 0 aliphatic heterocycles. The maximum absolute atomic E-state index is 13.7. The van der Waals surface area contributed by atoms with Crippen LogP contribution in [0.1, 0.15) is 5.56 Å². The summed E-state index contributed by atoms with van der Waals surface area (Å²) < 4.78 is 40.4. The van der Waals surface area contributed by atoms with E-state index in [1.54, 1.807) is 6.07 Å². The Morgan fingerprint density at radius 1 is 0.947 bits per heavy atom. The molecule has 19 heavy (non-hydrogen) atoms. The SMILES string of the molecule is NCCc1c(F)cccc1Sc1cc(F)ccc1F. The van der Waals surface area contributed by atoms with Crippen molar-refractivity contribution in [2.45, 2.75) is 16.2 Å². The molecule has 0 atom stereocenters. The quantitative estimate of drug-likeness (QED) is 0.924. The summed E-state index contributed by atoms with van der Waals surface area (Å²) in [6, 6.07) is 7.73. The first-order valence-corrected chi connectivity index (χ1v) is 6.54. The topological polar surface area (TPSA) is 26.0 Å². The molecule has 2 aromatic rings. The molecule has 0 aliphatic carbocycles. The lowest BCUT2D eigenvalue weighted by atomic mass is 10.1. The maximum Gasteiger partial charge on any atom is 0.137 e. The van der Waals surface area contributed by atoms with Crippen LogP contribution < -0.4 is 5.73 Å². The molecule has 100 valence electrons. The fourth-order valence-corrected chi connectivity index (χ4v) is 2.74. The minimum absolute atomic E-state index is 0.129. The van der Waals surface area contributed by atoms with Gasteiger partial charge in [0.25, 0.3) is 0 Å². The van der Waals surface area contributed by atoms with Crippen molar-refractivity contribution in [3.05, 3.63) is 59.4 Å². The molecule has 2 rings (SSSR count). The van der Waals surface area contributed by atoms with Crippen LogP contribution in [0, 0.1) is 17.5 Å². The molecular weight excluding hydrogens is 271 g/mol. The fraction of sp³-hybridized carbons (Fsp3) is 0.143.